The van der Waals surface area contributed by atoms with Crippen LogP contribution in [0.4, 0.5) is 4.79 Å². The summed E-state index contributed by atoms with van der Waals surface area (Å²) in [5.74, 6) is -0.606. The Labute approximate surface area is 123 Å². The van der Waals surface area contributed by atoms with Gasteiger partial charge in [0, 0.05) is 14.1 Å². The average molecular weight is 290 g/mol. The molecule has 6 heteroatoms. The highest BCUT2D eigenvalue weighted by molar-refractivity contribution is 6.28. The van der Waals surface area contributed by atoms with Gasteiger partial charge in [-0.05, 0) is 24.6 Å². The lowest BCUT2D eigenvalue weighted by Gasteiger charge is -2.28. The summed E-state index contributed by atoms with van der Waals surface area (Å²) in [5, 5.41) is 0. The number of rotatable bonds is 4. The summed E-state index contributed by atoms with van der Waals surface area (Å²) in [6, 6.07) is -0.651. The lowest BCUT2D eigenvalue weighted by molar-refractivity contribution is -0.134. The Kier molecular flexibility index (Phi) is 5.24. The monoisotopic (exact) mass is 290 g/mol. The van der Waals surface area contributed by atoms with Gasteiger partial charge in [0.15, 0.2) is 0 Å². The number of likely N-dealkylation sites (N-methyl/N-ethyl adjacent to an activating group) is 2. The molecule has 0 aromatic rings. The van der Waals surface area contributed by atoms with Gasteiger partial charge in [0.25, 0.3) is 11.8 Å². The molecule has 0 atom stereocenters. The number of amides is 4. The molecule has 4 amide bonds. The zero-order valence-corrected chi connectivity index (χ0v) is 12.5. The van der Waals surface area contributed by atoms with Gasteiger partial charge in [0.2, 0.25) is 0 Å². The Hall–Kier alpha value is -2.63. The molecule has 0 aromatic heterocycles. The summed E-state index contributed by atoms with van der Waals surface area (Å²) in [5.41, 5.74) is 0.466. The minimum Gasteiger partial charge on any atom is -0.501 e. The smallest absolute Gasteiger partial charge is 0.333 e. The lowest BCUT2D eigenvalue weighted by Crippen LogP contribution is -2.53. The van der Waals surface area contributed by atoms with Gasteiger partial charge in [-0.15, -0.1) is 0 Å². The third-order valence-corrected chi connectivity index (χ3v) is 3.02. The minimum absolute atomic E-state index is 0.0887. The number of urea groups is 1. The van der Waals surface area contributed by atoms with Crippen molar-refractivity contribution in [1.82, 2.24) is 9.80 Å². The van der Waals surface area contributed by atoms with Gasteiger partial charge in [0.1, 0.15) is 5.57 Å². The molecule has 1 heterocycles. The fraction of sp³-hybridized carbons (Fsp3) is 0.267. The molecule has 21 heavy (non-hydrogen) atoms. The third-order valence-electron chi connectivity index (χ3n) is 3.02. The van der Waals surface area contributed by atoms with E-state index in [1.54, 1.807) is 19.1 Å². The number of methoxy groups -OCH3 is 1. The highest BCUT2D eigenvalue weighted by Gasteiger charge is 2.37. The van der Waals surface area contributed by atoms with Crippen molar-refractivity contribution in [3.63, 3.8) is 0 Å². The fourth-order valence-electron chi connectivity index (χ4n) is 1.60. The van der Waals surface area contributed by atoms with Gasteiger partial charge in [-0.1, -0.05) is 18.7 Å². The van der Waals surface area contributed by atoms with E-state index in [4.69, 9.17) is 4.74 Å². The maximum absolute atomic E-state index is 12.0. The van der Waals surface area contributed by atoms with Crippen LogP contribution in [-0.4, -0.2) is 48.9 Å². The first kappa shape index (κ1) is 16.4. The van der Waals surface area contributed by atoms with Gasteiger partial charge in [0.05, 0.1) is 12.9 Å². The number of hydrogen-bond acceptors (Lipinski definition) is 4. The van der Waals surface area contributed by atoms with E-state index in [9.17, 15) is 14.4 Å². The molecular formula is C15H18N2O4. The Bertz CT molecular complexity index is 558. The Morgan fingerprint density at radius 3 is 2.05 bits per heavy atom. The van der Waals surface area contributed by atoms with E-state index in [0.29, 0.717) is 11.3 Å². The van der Waals surface area contributed by atoms with Crippen LogP contribution in [0.15, 0.2) is 47.8 Å². The number of carbonyl (C=O) groups is 3. The maximum atomic E-state index is 12.0. The molecule has 0 aromatic carbocycles. The van der Waals surface area contributed by atoms with Gasteiger partial charge < -0.3 is 4.74 Å². The second-order valence-electron chi connectivity index (χ2n) is 4.42. The number of ether oxygens (including phenoxy) is 1. The minimum atomic E-state index is -0.651. The fourth-order valence-corrected chi connectivity index (χ4v) is 1.60. The molecule has 0 saturated carbocycles. The maximum Gasteiger partial charge on any atom is 0.333 e. The van der Waals surface area contributed by atoms with E-state index in [0.717, 1.165) is 9.80 Å². The van der Waals surface area contributed by atoms with E-state index < -0.39 is 17.8 Å². The Morgan fingerprint density at radius 1 is 1.10 bits per heavy atom. The van der Waals surface area contributed by atoms with Crippen molar-refractivity contribution < 1.29 is 19.1 Å². The predicted molar refractivity (Wildman–Crippen MR) is 78.1 cm³/mol. The summed E-state index contributed by atoms with van der Waals surface area (Å²) in [6.45, 7) is 5.40. The Morgan fingerprint density at radius 2 is 1.62 bits per heavy atom. The molecule has 1 rings (SSSR count). The van der Waals surface area contributed by atoms with Crippen molar-refractivity contribution >= 4 is 17.8 Å². The second-order valence-corrected chi connectivity index (χ2v) is 4.42. The second kappa shape index (κ2) is 6.69. The topological polar surface area (TPSA) is 66.9 Å². The third kappa shape index (κ3) is 3.47. The number of nitrogens with zero attached hydrogens (tertiary/aromatic N) is 2. The van der Waals surface area contributed by atoms with Crippen molar-refractivity contribution in [2.75, 3.05) is 21.2 Å². The number of carbonyl (C=O) groups excluding carboxylic acids is 3. The molecule has 1 saturated heterocycles. The largest absolute Gasteiger partial charge is 0.501 e. The summed E-state index contributed by atoms with van der Waals surface area (Å²) in [4.78, 5) is 37.5. The van der Waals surface area contributed by atoms with Crippen molar-refractivity contribution in [1.29, 1.82) is 0 Å². The van der Waals surface area contributed by atoms with Gasteiger partial charge in [-0.3, -0.25) is 19.4 Å². The summed E-state index contributed by atoms with van der Waals surface area (Å²) in [7, 11) is 4.19. The average Bonchev–Trinajstić information content (AvgIpc) is 2.50. The first-order valence-electron chi connectivity index (χ1n) is 6.20. The van der Waals surface area contributed by atoms with Crippen molar-refractivity contribution in [3.05, 3.63) is 47.8 Å². The van der Waals surface area contributed by atoms with Crippen LogP contribution in [0.25, 0.3) is 0 Å². The zero-order chi connectivity index (χ0) is 16.2. The van der Waals surface area contributed by atoms with Crippen LogP contribution in [0.5, 0.6) is 0 Å². The van der Waals surface area contributed by atoms with Crippen molar-refractivity contribution in [3.8, 4) is 0 Å². The molecule has 6 nitrogen and oxygen atoms in total. The van der Waals surface area contributed by atoms with Crippen molar-refractivity contribution in [2.24, 2.45) is 0 Å². The Balaban J connectivity index is 3.22. The van der Waals surface area contributed by atoms with Gasteiger partial charge in [-0.25, -0.2) is 4.79 Å². The van der Waals surface area contributed by atoms with Crippen LogP contribution in [-0.2, 0) is 14.3 Å². The normalized spacial score (nSPS) is 17.3. The van der Waals surface area contributed by atoms with Gasteiger partial charge in [-0.2, -0.15) is 0 Å². The SMILES string of the molecule is C=C/C(C=C1C(=O)N(C)C(=O)N(C)C1=O)=C\C=C(/C)OC. The van der Waals surface area contributed by atoms with Gasteiger partial charge >= 0.3 is 6.03 Å². The first-order chi connectivity index (χ1) is 9.83. The summed E-state index contributed by atoms with van der Waals surface area (Å²) < 4.78 is 4.99. The highest BCUT2D eigenvalue weighted by atomic mass is 16.5. The van der Waals surface area contributed by atoms with Crippen LogP contribution in [0.3, 0.4) is 0 Å². The number of allylic oxidation sites excluding steroid dienone is 6. The van der Waals surface area contributed by atoms with Crippen molar-refractivity contribution in [2.45, 2.75) is 6.92 Å². The predicted octanol–water partition coefficient (Wildman–Crippen LogP) is 1.63. The molecular weight excluding hydrogens is 272 g/mol. The number of hydrogen-bond donors (Lipinski definition) is 0. The van der Waals surface area contributed by atoms with Crippen LogP contribution in [0.1, 0.15) is 6.92 Å². The molecule has 0 unspecified atom stereocenters. The molecule has 1 aliphatic heterocycles. The zero-order valence-electron chi connectivity index (χ0n) is 12.5. The molecule has 0 N–H and O–H groups in total. The van der Waals surface area contributed by atoms with E-state index >= 15 is 0 Å². The summed E-state index contributed by atoms with van der Waals surface area (Å²) >= 11 is 0. The lowest BCUT2D eigenvalue weighted by atomic mass is 10.1. The van der Waals surface area contributed by atoms with E-state index in [1.807, 2.05) is 0 Å². The van der Waals surface area contributed by atoms with E-state index in [1.165, 1.54) is 33.4 Å². The van der Waals surface area contributed by atoms with E-state index in [2.05, 4.69) is 6.58 Å². The molecule has 0 bridgehead atoms. The number of barbiturate groups is 1. The molecule has 1 aliphatic rings. The van der Waals surface area contributed by atoms with Crippen LogP contribution in [0, 0.1) is 0 Å². The van der Waals surface area contributed by atoms with E-state index in [-0.39, 0.29) is 5.57 Å². The van der Waals surface area contributed by atoms with Crippen LogP contribution in [0.2, 0.25) is 0 Å². The molecule has 0 radical (unpaired) electrons. The van der Waals surface area contributed by atoms with Crippen LogP contribution >= 0.6 is 0 Å². The highest BCUT2D eigenvalue weighted by Crippen LogP contribution is 2.17. The standard InChI is InChI=1S/C15H18N2O4/c1-6-11(8-7-10(2)21-5)9-12-13(18)16(3)15(20)17(4)14(12)19/h6-9H,1H2,2-5H3/b10-7+,11-8+. The quantitative estimate of drug-likeness (QED) is 0.341. The molecule has 1 fully saturated rings. The number of imide groups is 2. The van der Waals surface area contributed by atoms with Crippen LogP contribution < -0.4 is 0 Å². The first-order valence-corrected chi connectivity index (χ1v) is 6.20. The molecule has 0 aliphatic carbocycles. The molecule has 0 spiro atoms. The molecule has 112 valence electrons. The summed E-state index contributed by atoms with van der Waals surface area (Å²) in [6.07, 6.45) is 6.25.